The van der Waals surface area contributed by atoms with Gasteiger partial charge in [-0.25, -0.2) is 5.01 Å². The molecule has 3 aromatic rings. The van der Waals surface area contributed by atoms with E-state index in [-0.39, 0.29) is 24.3 Å². The standard InChI is InChI=1S/C28H25ClN4O3S/c1-17-3-11-21(12-4-17)30-26(34)16-25-27(35)31-28(37-25)33-24(19-5-9-20(29)10-6-19)15-23(32-33)18-7-13-22(36-2)14-8-18/h3-14,24-25H,15-16H2,1-2H3,(H,30,34)/t24-,25+/m0/s1. The number of rotatable bonds is 6. The molecule has 5 rings (SSSR count). The highest BCUT2D eigenvalue weighted by Crippen LogP contribution is 2.39. The SMILES string of the molecule is COc1ccc(C2=NN(C3=NC(=O)[C@@H](CC(=O)Nc4ccc(C)cc4)S3)[C@H](c3ccc(Cl)cc3)C2)cc1. The highest BCUT2D eigenvalue weighted by molar-refractivity contribution is 8.15. The van der Waals surface area contributed by atoms with Crippen LogP contribution < -0.4 is 10.1 Å². The Morgan fingerprint density at radius 3 is 2.46 bits per heavy atom. The van der Waals surface area contributed by atoms with Crippen molar-refractivity contribution in [3.63, 3.8) is 0 Å². The van der Waals surface area contributed by atoms with Gasteiger partial charge in [-0.3, -0.25) is 9.59 Å². The molecule has 2 atom stereocenters. The van der Waals surface area contributed by atoms with Gasteiger partial charge < -0.3 is 10.1 Å². The molecule has 0 aliphatic carbocycles. The number of amidine groups is 1. The van der Waals surface area contributed by atoms with Crippen LogP contribution in [0.5, 0.6) is 5.75 Å². The molecule has 2 aliphatic rings. The highest BCUT2D eigenvalue weighted by atomic mass is 35.5. The van der Waals surface area contributed by atoms with Gasteiger partial charge in [-0.15, -0.1) is 0 Å². The fourth-order valence-electron chi connectivity index (χ4n) is 4.21. The molecule has 0 saturated carbocycles. The zero-order valence-electron chi connectivity index (χ0n) is 20.3. The zero-order chi connectivity index (χ0) is 25.9. The van der Waals surface area contributed by atoms with E-state index in [1.807, 2.05) is 79.7 Å². The number of aryl methyl sites for hydroxylation is 1. The number of hydrazone groups is 1. The van der Waals surface area contributed by atoms with Crippen molar-refractivity contribution in [3.8, 4) is 5.75 Å². The molecule has 0 bridgehead atoms. The molecule has 0 saturated heterocycles. The van der Waals surface area contributed by atoms with Crippen LogP contribution in [0, 0.1) is 6.92 Å². The van der Waals surface area contributed by atoms with Gasteiger partial charge in [-0.2, -0.15) is 10.1 Å². The number of amides is 2. The highest BCUT2D eigenvalue weighted by Gasteiger charge is 2.39. The van der Waals surface area contributed by atoms with Crippen molar-refractivity contribution in [2.24, 2.45) is 10.1 Å². The second-order valence-electron chi connectivity index (χ2n) is 8.85. The summed E-state index contributed by atoms with van der Waals surface area (Å²) in [6.07, 6.45) is 0.652. The Morgan fingerprint density at radius 2 is 1.78 bits per heavy atom. The molecular weight excluding hydrogens is 508 g/mol. The summed E-state index contributed by atoms with van der Waals surface area (Å²) in [5, 5.41) is 10.1. The maximum absolute atomic E-state index is 12.8. The van der Waals surface area contributed by atoms with Crippen molar-refractivity contribution in [2.45, 2.75) is 31.1 Å². The summed E-state index contributed by atoms with van der Waals surface area (Å²) < 4.78 is 5.28. The molecule has 1 N–H and O–H groups in total. The molecule has 2 amide bonds. The molecule has 0 spiro atoms. The van der Waals surface area contributed by atoms with Gasteiger partial charge in [0, 0.05) is 23.6 Å². The van der Waals surface area contributed by atoms with E-state index in [0.29, 0.717) is 22.3 Å². The summed E-state index contributed by atoms with van der Waals surface area (Å²) in [5.74, 6) is 0.202. The van der Waals surface area contributed by atoms with Crippen molar-refractivity contribution in [1.82, 2.24) is 5.01 Å². The van der Waals surface area contributed by atoms with Crippen LogP contribution in [-0.4, -0.2) is 40.1 Å². The third-order valence-electron chi connectivity index (χ3n) is 6.22. The quantitative estimate of drug-likeness (QED) is 0.431. The molecule has 2 aliphatic heterocycles. The number of thioether (sulfide) groups is 1. The van der Waals surface area contributed by atoms with Gasteiger partial charge in [-0.05, 0) is 66.6 Å². The number of ether oxygens (including phenoxy) is 1. The molecule has 7 nitrogen and oxygen atoms in total. The molecule has 0 radical (unpaired) electrons. The van der Waals surface area contributed by atoms with Crippen molar-refractivity contribution < 1.29 is 14.3 Å². The zero-order valence-corrected chi connectivity index (χ0v) is 21.9. The van der Waals surface area contributed by atoms with Gasteiger partial charge in [0.15, 0.2) is 5.17 Å². The van der Waals surface area contributed by atoms with E-state index in [0.717, 1.165) is 28.2 Å². The summed E-state index contributed by atoms with van der Waals surface area (Å²) in [6, 6.07) is 22.7. The van der Waals surface area contributed by atoms with Gasteiger partial charge in [0.2, 0.25) is 5.91 Å². The number of hydrogen-bond donors (Lipinski definition) is 1. The predicted molar refractivity (Wildman–Crippen MR) is 148 cm³/mol. The lowest BCUT2D eigenvalue weighted by Gasteiger charge is -2.23. The number of carbonyl (C=O) groups is 2. The summed E-state index contributed by atoms with van der Waals surface area (Å²) in [7, 11) is 1.63. The van der Waals surface area contributed by atoms with Crippen molar-refractivity contribution in [1.29, 1.82) is 0 Å². The number of nitrogens with one attached hydrogen (secondary N) is 1. The Kier molecular flexibility index (Phi) is 7.30. The maximum atomic E-state index is 12.8. The number of methoxy groups -OCH3 is 1. The molecule has 0 unspecified atom stereocenters. The van der Waals surface area contributed by atoms with Crippen LogP contribution in [0.25, 0.3) is 0 Å². The molecular formula is C28H25ClN4O3S. The molecule has 188 valence electrons. The van der Waals surface area contributed by atoms with Gasteiger partial charge in [0.05, 0.1) is 18.9 Å². The molecule has 0 fully saturated rings. The lowest BCUT2D eigenvalue weighted by Crippen LogP contribution is -2.25. The minimum Gasteiger partial charge on any atom is -0.497 e. The van der Waals surface area contributed by atoms with Crippen LogP contribution in [0.4, 0.5) is 5.69 Å². The minimum atomic E-state index is -0.605. The van der Waals surface area contributed by atoms with Gasteiger partial charge in [0.1, 0.15) is 11.0 Å². The van der Waals surface area contributed by atoms with E-state index >= 15 is 0 Å². The first-order valence-corrected chi connectivity index (χ1v) is 13.1. The topological polar surface area (TPSA) is 83.4 Å². The summed E-state index contributed by atoms with van der Waals surface area (Å²) in [6.45, 7) is 1.98. The van der Waals surface area contributed by atoms with Crippen LogP contribution in [0.3, 0.4) is 0 Å². The Bertz CT molecular complexity index is 1370. The van der Waals surface area contributed by atoms with Crippen LogP contribution >= 0.6 is 23.4 Å². The van der Waals surface area contributed by atoms with Gasteiger partial charge in [0.25, 0.3) is 5.91 Å². The second kappa shape index (κ2) is 10.8. The number of hydrogen-bond acceptors (Lipinski definition) is 6. The Labute approximate surface area is 224 Å². The molecule has 0 aromatic heterocycles. The number of aliphatic imine (C=N–C) groups is 1. The first kappa shape index (κ1) is 25.0. The average molecular weight is 533 g/mol. The average Bonchev–Trinajstić information content (AvgIpc) is 3.50. The first-order valence-electron chi connectivity index (χ1n) is 11.8. The monoisotopic (exact) mass is 532 g/mol. The van der Waals surface area contributed by atoms with E-state index in [1.165, 1.54) is 11.8 Å². The predicted octanol–water partition coefficient (Wildman–Crippen LogP) is 5.83. The number of anilines is 1. The van der Waals surface area contributed by atoms with E-state index in [4.69, 9.17) is 21.4 Å². The van der Waals surface area contributed by atoms with Crippen LogP contribution in [-0.2, 0) is 9.59 Å². The number of nitrogens with zero attached hydrogens (tertiary/aromatic N) is 3. The van der Waals surface area contributed by atoms with Crippen molar-refractivity contribution >= 4 is 51.7 Å². The molecule has 2 heterocycles. The number of benzene rings is 3. The Morgan fingerprint density at radius 1 is 1.08 bits per heavy atom. The van der Waals surface area contributed by atoms with Gasteiger partial charge in [-0.1, -0.05) is 53.2 Å². The normalized spacial score (nSPS) is 19.0. The summed E-state index contributed by atoms with van der Waals surface area (Å²) in [5.41, 5.74) is 4.65. The Balaban J connectivity index is 1.35. The van der Waals surface area contributed by atoms with Gasteiger partial charge >= 0.3 is 0 Å². The molecule has 3 aromatic carbocycles. The largest absolute Gasteiger partial charge is 0.497 e. The summed E-state index contributed by atoms with van der Waals surface area (Å²) in [4.78, 5) is 29.7. The van der Waals surface area contributed by atoms with E-state index in [2.05, 4.69) is 10.3 Å². The first-order chi connectivity index (χ1) is 17.9. The smallest absolute Gasteiger partial charge is 0.262 e. The number of carbonyl (C=O) groups excluding carboxylic acids is 2. The lowest BCUT2D eigenvalue weighted by atomic mass is 9.98. The second-order valence-corrected chi connectivity index (χ2v) is 10.5. The lowest BCUT2D eigenvalue weighted by molar-refractivity contribution is -0.121. The van der Waals surface area contributed by atoms with Crippen molar-refractivity contribution in [3.05, 3.63) is 94.5 Å². The van der Waals surface area contributed by atoms with Crippen molar-refractivity contribution in [2.75, 3.05) is 12.4 Å². The Hall–Kier alpha value is -3.62. The molecule has 9 heteroatoms. The fourth-order valence-corrected chi connectivity index (χ4v) is 5.40. The van der Waals surface area contributed by atoms with E-state index in [9.17, 15) is 9.59 Å². The third-order valence-corrected chi connectivity index (χ3v) is 7.61. The van der Waals surface area contributed by atoms with Crippen LogP contribution in [0.2, 0.25) is 5.02 Å². The third kappa shape index (κ3) is 5.70. The number of halogens is 1. The van der Waals surface area contributed by atoms with Crippen LogP contribution in [0.15, 0.2) is 82.9 Å². The minimum absolute atomic E-state index is 0.0267. The van der Waals surface area contributed by atoms with E-state index < -0.39 is 5.25 Å². The van der Waals surface area contributed by atoms with Crippen LogP contribution in [0.1, 0.15) is 35.6 Å². The maximum Gasteiger partial charge on any atom is 0.262 e. The van der Waals surface area contributed by atoms with E-state index in [1.54, 1.807) is 12.1 Å². The summed E-state index contributed by atoms with van der Waals surface area (Å²) >= 11 is 7.40. The fraction of sp³-hybridized carbons (Fsp3) is 0.214. The molecule has 37 heavy (non-hydrogen) atoms.